The molecule has 1 N–H and O–H groups in total. The number of benzene rings is 1. The van der Waals surface area contributed by atoms with E-state index >= 15 is 0 Å². The Labute approximate surface area is 115 Å². The molecule has 19 heavy (non-hydrogen) atoms. The first kappa shape index (κ1) is 13.9. The van der Waals surface area contributed by atoms with Crippen LogP contribution in [0.2, 0.25) is 0 Å². The first-order chi connectivity index (χ1) is 9.17. The zero-order valence-electron chi connectivity index (χ0n) is 11.9. The van der Waals surface area contributed by atoms with Crippen LogP contribution in [0, 0.1) is 11.3 Å². The van der Waals surface area contributed by atoms with Gasteiger partial charge in [0, 0.05) is 25.7 Å². The Morgan fingerprint density at radius 1 is 1.37 bits per heavy atom. The lowest BCUT2D eigenvalue weighted by molar-refractivity contribution is 0.198. The number of likely N-dealkylation sites (N-methyl/N-ethyl adjacent to an activating group) is 2. The van der Waals surface area contributed by atoms with Gasteiger partial charge in [0.15, 0.2) is 0 Å². The normalized spacial score (nSPS) is 24.2. The molecule has 0 spiro atoms. The van der Waals surface area contributed by atoms with E-state index in [0.29, 0.717) is 12.1 Å². The van der Waals surface area contributed by atoms with Gasteiger partial charge in [0.05, 0.1) is 17.3 Å². The molecular weight excluding hydrogens is 236 g/mol. The summed E-state index contributed by atoms with van der Waals surface area (Å²) >= 11 is 0. The van der Waals surface area contributed by atoms with E-state index in [1.54, 1.807) is 0 Å². The van der Waals surface area contributed by atoms with Gasteiger partial charge in [-0.05, 0) is 33.2 Å². The van der Waals surface area contributed by atoms with Gasteiger partial charge in [-0.3, -0.25) is 4.90 Å². The molecule has 1 aromatic rings. The van der Waals surface area contributed by atoms with Gasteiger partial charge in [-0.15, -0.1) is 0 Å². The van der Waals surface area contributed by atoms with E-state index in [4.69, 9.17) is 0 Å². The van der Waals surface area contributed by atoms with E-state index in [9.17, 15) is 5.26 Å². The Kier molecular flexibility index (Phi) is 4.41. The van der Waals surface area contributed by atoms with E-state index < -0.39 is 0 Å². The predicted molar refractivity (Wildman–Crippen MR) is 78.3 cm³/mol. The lowest BCUT2D eigenvalue weighted by Gasteiger charge is -2.45. The number of nitrogens with zero attached hydrogens (tertiary/aromatic N) is 3. The summed E-state index contributed by atoms with van der Waals surface area (Å²) in [5.41, 5.74) is 1.82. The van der Waals surface area contributed by atoms with Gasteiger partial charge in [0.1, 0.15) is 6.07 Å². The van der Waals surface area contributed by atoms with Crippen molar-refractivity contribution in [3.05, 3.63) is 29.8 Å². The van der Waals surface area contributed by atoms with Gasteiger partial charge in [0.25, 0.3) is 0 Å². The average molecular weight is 258 g/mol. The van der Waals surface area contributed by atoms with Crippen LogP contribution in [-0.2, 0) is 0 Å². The molecule has 1 aliphatic heterocycles. The van der Waals surface area contributed by atoms with Gasteiger partial charge in [-0.25, -0.2) is 0 Å². The van der Waals surface area contributed by atoms with Crippen molar-refractivity contribution in [3.63, 3.8) is 0 Å². The minimum atomic E-state index is 0.403. The zero-order chi connectivity index (χ0) is 13.8. The third kappa shape index (κ3) is 2.89. The van der Waals surface area contributed by atoms with Crippen LogP contribution in [0.15, 0.2) is 24.3 Å². The number of piperazine rings is 1. The zero-order valence-corrected chi connectivity index (χ0v) is 11.9. The number of hydrogen-bond donors (Lipinski definition) is 1. The molecule has 0 bridgehead atoms. The molecule has 2 rings (SSSR count). The molecule has 0 aliphatic carbocycles. The number of rotatable bonds is 3. The summed E-state index contributed by atoms with van der Waals surface area (Å²) in [5.74, 6) is 0. The van der Waals surface area contributed by atoms with Crippen molar-refractivity contribution in [2.75, 3.05) is 38.6 Å². The van der Waals surface area contributed by atoms with Gasteiger partial charge in [-0.2, -0.15) is 5.26 Å². The largest absolute Gasteiger partial charge is 0.363 e. The molecular formula is C15H22N4. The molecule has 1 heterocycles. The molecule has 102 valence electrons. The summed E-state index contributed by atoms with van der Waals surface area (Å²) in [4.78, 5) is 4.76. The van der Waals surface area contributed by atoms with Crippen LogP contribution in [-0.4, -0.2) is 50.7 Å². The molecule has 2 unspecified atom stereocenters. The fourth-order valence-electron chi connectivity index (χ4n) is 2.71. The maximum atomic E-state index is 9.28. The van der Waals surface area contributed by atoms with Crippen LogP contribution in [0.5, 0.6) is 0 Å². The molecule has 4 nitrogen and oxygen atoms in total. The third-order valence-electron chi connectivity index (χ3n) is 3.93. The van der Waals surface area contributed by atoms with Crippen LogP contribution < -0.4 is 10.2 Å². The Balaban J connectivity index is 2.31. The Morgan fingerprint density at radius 2 is 2.11 bits per heavy atom. The lowest BCUT2D eigenvalue weighted by Crippen LogP contribution is -2.59. The minimum Gasteiger partial charge on any atom is -0.363 e. The van der Waals surface area contributed by atoms with Gasteiger partial charge in [0.2, 0.25) is 0 Å². The van der Waals surface area contributed by atoms with Crippen LogP contribution >= 0.6 is 0 Å². The molecule has 0 aromatic heterocycles. The monoisotopic (exact) mass is 258 g/mol. The highest BCUT2D eigenvalue weighted by Crippen LogP contribution is 2.25. The molecule has 0 saturated carbocycles. The molecule has 1 fully saturated rings. The Hall–Kier alpha value is -1.57. The SMILES string of the molecule is CNCC1CN(C)C(C)CN1c1ccccc1C#N. The predicted octanol–water partition coefficient (Wildman–Crippen LogP) is 1.29. The van der Waals surface area contributed by atoms with Gasteiger partial charge >= 0.3 is 0 Å². The fraction of sp³-hybridized carbons (Fsp3) is 0.533. The number of nitrogens with one attached hydrogen (secondary N) is 1. The van der Waals surface area contributed by atoms with Crippen molar-refractivity contribution in [2.24, 2.45) is 0 Å². The van der Waals surface area contributed by atoms with E-state index in [1.807, 2.05) is 25.2 Å². The van der Waals surface area contributed by atoms with E-state index in [1.165, 1.54) is 0 Å². The van der Waals surface area contributed by atoms with E-state index in [2.05, 4.69) is 41.2 Å². The first-order valence-corrected chi connectivity index (χ1v) is 6.78. The second-order valence-corrected chi connectivity index (χ2v) is 5.28. The quantitative estimate of drug-likeness (QED) is 0.887. The summed E-state index contributed by atoms with van der Waals surface area (Å²) in [5, 5.41) is 12.5. The van der Waals surface area contributed by atoms with Crippen LogP contribution in [0.25, 0.3) is 0 Å². The van der Waals surface area contributed by atoms with Crippen LogP contribution in [0.1, 0.15) is 12.5 Å². The second-order valence-electron chi connectivity index (χ2n) is 5.28. The molecule has 1 aromatic carbocycles. The topological polar surface area (TPSA) is 42.3 Å². The Morgan fingerprint density at radius 3 is 2.79 bits per heavy atom. The highest BCUT2D eigenvalue weighted by molar-refractivity contribution is 5.60. The van der Waals surface area contributed by atoms with E-state index in [-0.39, 0.29) is 0 Å². The number of hydrogen-bond acceptors (Lipinski definition) is 4. The van der Waals surface area contributed by atoms with Gasteiger partial charge in [-0.1, -0.05) is 12.1 Å². The Bertz CT molecular complexity index is 465. The van der Waals surface area contributed by atoms with Crippen molar-refractivity contribution in [1.82, 2.24) is 10.2 Å². The number of anilines is 1. The van der Waals surface area contributed by atoms with Crippen molar-refractivity contribution in [1.29, 1.82) is 5.26 Å². The van der Waals surface area contributed by atoms with Crippen LogP contribution in [0.4, 0.5) is 5.69 Å². The van der Waals surface area contributed by atoms with Crippen LogP contribution in [0.3, 0.4) is 0 Å². The highest BCUT2D eigenvalue weighted by atomic mass is 15.3. The molecule has 1 saturated heterocycles. The summed E-state index contributed by atoms with van der Waals surface area (Å²) in [6.07, 6.45) is 0. The minimum absolute atomic E-state index is 0.403. The summed E-state index contributed by atoms with van der Waals surface area (Å²) in [7, 11) is 4.15. The van der Waals surface area contributed by atoms with Crippen molar-refractivity contribution in [3.8, 4) is 6.07 Å². The molecule has 1 aliphatic rings. The maximum absolute atomic E-state index is 9.28. The van der Waals surface area contributed by atoms with Crippen molar-refractivity contribution in [2.45, 2.75) is 19.0 Å². The average Bonchev–Trinajstić information content (AvgIpc) is 2.43. The van der Waals surface area contributed by atoms with Gasteiger partial charge < -0.3 is 10.2 Å². The summed E-state index contributed by atoms with van der Waals surface area (Å²) in [6, 6.07) is 11.1. The molecule has 0 amide bonds. The first-order valence-electron chi connectivity index (χ1n) is 6.78. The summed E-state index contributed by atoms with van der Waals surface area (Å²) < 4.78 is 0. The maximum Gasteiger partial charge on any atom is 0.101 e. The fourth-order valence-corrected chi connectivity index (χ4v) is 2.71. The molecule has 0 radical (unpaired) electrons. The number of para-hydroxylation sites is 1. The van der Waals surface area contributed by atoms with Crippen molar-refractivity contribution >= 4 is 5.69 Å². The van der Waals surface area contributed by atoms with Crippen molar-refractivity contribution < 1.29 is 0 Å². The van der Waals surface area contributed by atoms with E-state index in [0.717, 1.165) is 30.9 Å². The molecule has 2 atom stereocenters. The smallest absolute Gasteiger partial charge is 0.101 e. The lowest BCUT2D eigenvalue weighted by atomic mass is 10.0. The third-order valence-corrected chi connectivity index (χ3v) is 3.93. The molecule has 4 heteroatoms. The second kappa shape index (κ2) is 6.05. The standard InChI is InChI=1S/C15H22N4/c1-12-10-19(14(9-17-2)11-18(12)3)15-7-5-4-6-13(15)8-16/h4-7,12,14,17H,9-11H2,1-3H3. The highest BCUT2D eigenvalue weighted by Gasteiger charge is 2.30. The summed E-state index contributed by atoms with van der Waals surface area (Å²) in [6.45, 7) is 5.14. The number of nitriles is 1.